The fourth-order valence-electron chi connectivity index (χ4n) is 2.47. The maximum atomic E-state index is 6.06. The van der Waals surface area contributed by atoms with Crippen LogP contribution in [0, 0.1) is 0 Å². The molecule has 0 unspecified atom stereocenters. The molecule has 1 aliphatic heterocycles. The van der Waals surface area contributed by atoms with Gasteiger partial charge in [0.15, 0.2) is 0 Å². The number of ether oxygens (including phenoxy) is 2. The zero-order valence-electron chi connectivity index (χ0n) is 12.6. The fourth-order valence-corrected chi connectivity index (χ4v) is 2.47. The van der Waals surface area contributed by atoms with E-state index in [0.29, 0.717) is 18.2 Å². The summed E-state index contributed by atoms with van der Waals surface area (Å²) in [5.41, 5.74) is 7.55. The van der Waals surface area contributed by atoms with Gasteiger partial charge in [-0.05, 0) is 12.1 Å². The molecular formula is C14H22Cl2N4O2. The van der Waals surface area contributed by atoms with Crippen LogP contribution in [-0.2, 0) is 4.74 Å². The van der Waals surface area contributed by atoms with Gasteiger partial charge in [0.05, 0.1) is 25.8 Å². The van der Waals surface area contributed by atoms with Crippen molar-refractivity contribution >= 4 is 23.6 Å². The average molecular weight is 349 g/mol. The number of morpholine rings is 1. The number of quaternary nitrogens is 1. The minimum Gasteiger partial charge on any atom is -1.00 e. The number of aromatic nitrogens is 2. The summed E-state index contributed by atoms with van der Waals surface area (Å²) in [6.45, 7) is 5.27. The predicted octanol–water partition coefficient (Wildman–Crippen LogP) is -1.80. The standard InChI is InChI=1S/C14H21N4O2.2ClH/c1-18(6-9-19-10-7-18)8-11-20-14-13(15)12-4-2-3-5-17(12)16-14;;/h2-5H,6-11,15H2,1H3;2*1H/q+1;;/p-1. The number of nitrogens with zero attached hydrogens (tertiary/aromatic N) is 3. The lowest BCUT2D eigenvalue weighted by Gasteiger charge is -2.37. The second kappa shape index (κ2) is 7.87. The van der Waals surface area contributed by atoms with Crippen molar-refractivity contribution in [1.29, 1.82) is 0 Å². The van der Waals surface area contributed by atoms with Gasteiger partial charge < -0.3 is 32.1 Å². The first-order valence-electron chi connectivity index (χ1n) is 6.95. The van der Waals surface area contributed by atoms with Gasteiger partial charge in [-0.25, -0.2) is 4.52 Å². The van der Waals surface area contributed by atoms with E-state index < -0.39 is 0 Å². The number of nitrogen functional groups attached to an aromatic ring is 1. The SMILES string of the molecule is C[N+]1(CCOc2nn3ccccc3c2N)CCOCC1.Cl.[Cl-]. The minimum atomic E-state index is 0. The number of nitrogens with two attached hydrogens (primary N) is 1. The normalized spacial score (nSPS) is 16.6. The smallest absolute Gasteiger partial charge is 0.257 e. The largest absolute Gasteiger partial charge is 1.00 e. The van der Waals surface area contributed by atoms with Crippen LogP contribution in [0.25, 0.3) is 5.52 Å². The molecule has 1 aliphatic rings. The summed E-state index contributed by atoms with van der Waals surface area (Å²) in [7, 11) is 2.24. The van der Waals surface area contributed by atoms with Crippen molar-refractivity contribution in [1.82, 2.24) is 9.61 Å². The number of rotatable bonds is 4. The Morgan fingerprint density at radius 1 is 1.36 bits per heavy atom. The van der Waals surface area contributed by atoms with E-state index in [9.17, 15) is 0 Å². The Bertz CT molecular complexity index is 600. The molecule has 0 amide bonds. The van der Waals surface area contributed by atoms with Gasteiger partial charge in [0.2, 0.25) is 0 Å². The first kappa shape index (κ1) is 18.8. The Morgan fingerprint density at radius 2 is 2.09 bits per heavy atom. The van der Waals surface area contributed by atoms with Crippen LogP contribution in [0.15, 0.2) is 24.4 Å². The van der Waals surface area contributed by atoms with Crippen molar-refractivity contribution in [2.45, 2.75) is 0 Å². The molecule has 2 aromatic rings. The van der Waals surface area contributed by atoms with Crippen LogP contribution in [0.1, 0.15) is 0 Å². The van der Waals surface area contributed by atoms with Crippen LogP contribution in [0.5, 0.6) is 5.88 Å². The summed E-state index contributed by atoms with van der Waals surface area (Å²) in [6.07, 6.45) is 1.87. The summed E-state index contributed by atoms with van der Waals surface area (Å²) in [4.78, 5) is 0. The summed E-state index contributed by atoms with van der Waals surface area (Å²) >= 11 is 0. The quantitative estimate of drug-likeness (QED) is 0.662. The highest BCUT2D eigenvalue weighted by atomic mass is 35.5. The molecule has 124 valence electrons. The first-order valence-corrected chi connectivity index (χ1v) is 6.95. The minimum absolute atomic E-state index is 0. The molecule has 0 spiro atoms. The highest BCUT2D eigenvalue weighted by molar-refractivity contribution is 5.85. The Labute approximate surface area is 142 Å². The zero-order chi connectivity index (χ0) is 14.0. The van der Waals surface area contributed by atoms with Crippen LogP contribution >= 0.6 is 12.4 Å². The van der Waals surface area contributed by atoms with Crippen LogP contribution in [0.4, 0.5) is 5.69 Å². The molecule has 2 aromatic heterocycles. The Hall–Kier alpha value is -1.21. The number of hydrogen-bond acceptors (Lipinski definition) is 4. The van der Waals surface area contributed by atoms with Gasteiger partial charge >= 0.3 is 0 Å². The molecule has 3 rings (SSSR count). The Morgan fingerprint density at radius 3 is 2.77 bits per heavy atom. The number of anilines is 1. The number of likely N-dealkylation sites (N-methyl/N-ethyl adjacent to an activating group) is 1. The summed E-state index contributed by atoms with van der Waals surface area (Å²) in [6, 6.07) is 5.80. The molecule has 0 radical (unpaired) electrons. The van der Waals surface area contributed by atoms with E-state index >= 15 is 0 Å². The van der Waals surface area contributed by atoms with Crippen molar-refractivity contribution in [3.63, 3.8) is 0 Å². The van der Waals surface area contributed by atoms with E-state index in [-0.39, 0.29) is 24.8 Å². The lowest BCUT2D eigenvalue weighted by molar-refractivity contribution is -0.916. The molecule has 8 heteroatoms. The van der Waals surface area contributed by atoms with Crippen molar-refractivity contribution in [2.24, 2.45) is 0 Å². The van der Waals surface area contributed by atoms with Crippen molar-refractivity contribution in [3.05, 3.63) is 24.4 Å². The Balaban J connectivity index is 0.00000121. The molecule has 22 heavy (non-hydrogen) atoms. The van der Waals surface area contributed by atoms with Crippen molar-refractivity contribution in [3.8, 4) is 5.88 Å². The van der Waals surface area contributed by atoms with Gasteiger partial charge in [-0.15, -0.1) is 17.5 Å². The summed E-state index contributed by atoms with van der Waals surface area (Å²) in [5.74, 6) is 0.524. The van der Waals surface area contributed by atoms with Gasteiger partial charge in [-0.3, -0.25) is 0 Å². The van der Waals surface area contributed by atoms with E-state index in [1.165, 1.54) is 0 Å². The van der Waals surface area contributed by atoms with E-state index in [4.69, 9.17) is 15.2 Å². The van der Waals surface area contributed by atoms with E-state index in [1.807, 2.05) is 24.4 Å². The van der Waals surface area contributed by atoms with Crippen LogP contribution in [0.2, 0.25) is 0 Å². The third-order valence-corrected chi connectivity index (χ3v) is 3.97. The summed E-state index contributed by atoms with van der Waals surface area (Å²) in [5, 5.41) is 4.36. The first-order chi connectivity index (χ1) is 9.68. The molecular weight excluding hydrogens is 327 g/mol. The maximum Gasteiger partial charge on any atom is 0.257 e. The average Bonchev–Trinajstić information content (AvgIpc) is 2.77. The van der Waals surface area contributed by atoms with E-state index in [2.05, 4.69) is 12.1 Å². The molecule has 3 heterocycles. The monoisotopic (exact) mass is 348 g/mol. The lowest BCUT2D eigenvalue weighted by Crippen LogP contribution is -3.00. The molecule has 0 saturated carbocycles. The number of pyridine rings is 1. The van der Waals surface area contributed by atoms with Crippen LogP contribution < -0.4 is 22.9 Å². The highest BCUT2D eigenvalue weighted by Gasteiger charge is 2.25. The molecule has 1 saturated heterocycles. The van der Waals surface area contributed by atoms with Crippen molar-refractivity contribution in [2.75, 3.05) is 52.2 Å². The third-order valence-electron chi connectivity index (χ3n) is 3.97. The topological polar surface area (TPSA) is 61.8 Å². The maximum absolute atomic E-state index is 6.06. The second-order valence-corrected chi connectivity index (χ2v) is 5.50. The van der Waals surface area contributed by atoms with Crippen molar-refractivity contribution < 1.29 is 26.4 Å². The van der Waals surface area contributed by atoms with E-state index in [1.54, 1.807) is 4.52 Å². The Kier molecular flexibility index (Phi) is 6.74. The number of hydrogen-bond donors (Lipinski definition) is 1. The van der Waals surface area contributed by atoms with Gasteiger partial charge in [0.1, 0.15) is 31.9 Å². The fraction of sp³-hybridized carbons (Fsp3) is 0.500. The van der Waals surface area contributed by atoms with Gasteiger partial charge in [-0.1, -0.05) is 6.07 Å². The molecule has 0 aromatic carbocycles. The van der Waals surface area contributed by atoms with E-state index in [0.717, 1.165) is 42.8 Å². The molecule has 0 atom stereocenters. The number of fused-ring (bicyclic) bond motifs is 1. The zero-order valence-corrected chi connectivity index (χ0v) is 14.1. The van der Waals surface area contributed by atoms with Gasteiger partial charge in [0, 0.05) is 6.20 Å². The second-order valence-electron chi connectivity index (χ2n) is 5.50. The molecule has 0 bridgehead atoms. The predicted molar refractivity (Wildman–Crippen MR) is 84.0 cm³/mol. The molecule has 2 N–H and O–H groups in total. The molecule has 1 fully saturated rings. The van der Waals surface area contributed by atoms with Gasteiger partial charge in [0.25, 0.3) is 5.88 Å². The number of halogens is 2. The third kappa shape index (κ3) is 3.95. The van der Waals surface area contributed by atoms with Crippen LogP contribution in [0.3, 0.4) is 0 Å². The summed E-state index contributed by atoms with van der Waals surface area (Å²) < 4.78 is 13.9. The van der Waals surface area contributed by atoms with Crippen LogP contribution in [-0.4, -0.2) is 60.6 Å². The molecule has 0 aliphatic carbocycles. The highest BCUT2D eigenvalue weighted by Crippen LogP contribution is 2.24. The lowest BCUT2D eigenvalue weighted by atomic mass is 10.3. The molecule has 6 nitrogen and oxygen atoms in total. The van der Waals surface area contributed by atoms with Gasteiger partial charge in [-0.2, -0.15) is 0 Å².